The summed E-state index contributed by atoms with van der Waals surface area (Å²) in [5.74, 6) is -3.93. The summed E-state index contributed by atoms with van der Waals surface area (Å²) in [6.07, 6.45) is 0. The van der Waals surface area contributed by atoms with E-state index in [1.165, 1.54) is 0 Å². The fraction of sp³-hybridized carbons (Fsp3) is 0.0952. The van der Waals surface area contributed by atoms with E-state index in [2.05, 4.69) is 5.32 Å². The predicted molar refractivity (Wildman–Crippen MR) is 97.9 cm³/mol. The predicted octanol–water partition coefficient (Wildman–Crippen LogP) is 3.27. The van der Waals surface area contributed by atoms with Crippen LogP contribution in [0.1, 0.15) is 20.7 Å². The van der Waals surface area contributed by atoms with Gasteiger partial charge in [0.15, 0.2) is 6.61 Å². The average Bonchev–Trinajstić information content (AvgIpc) is 2.71. The lowest BCUT2D eigenvalue weighted by Crippen LogP contribution is -2.31. The molecule has 0 heterocycles. The molecule has 5 nitrogen and oxygen atoms in total. The molecule has 3 aromatic carbocycles. The lowest BCUT2D eigenvalue weighted by molar-refractivity contribution is -0.141. The fourth-order valence-corrected chi connectivity index (χ4v) is 2.57. The van der Waals surface area contributed by atoms with E-state index in [0.717, 1.165) is 29.0 Å². The molecule has 28 heavy (non-hydrogen) atoms. The maximum atomic E-state index is 13.5. The van der Waals surface area contributed by atoms with E-state index in [-0.39, 0.29) is 0 Å². The summed E-state index contributed by atoms with van der Waals surface area (Å²) in [6.45, 7) is -1.23. The number of amides is 1. The smallest absolute Gasteiger partial charge is 0.325 e. The van der Waals surface area contributed by atoms with Gasteiger partial charge in [-0.2, -0.15) is 0 Å². The first-order chi connectivity index (χ1) is 13.4. The molecule has 0 unspecified atom stereocenters. The summed E-state index contributed by atoms with van der Waals surface area (Å²) in [5.41, 5.74) is -0.141. The van der Waals surface area contributed by atoms with Crippen LogP contribution in [0.4, 0.5) is 8.78 Å². The maximum absolute atomic E-state index is 13.5. The van der Waals surface area contributed by atoms with Gasteiger partial charge in [-0.1, -0.05) is 30.3 Å². The molecule has 3 rings (SSSR count). The minimum atomic E-state index is -0.910. The molecule has 0 aliphatic heterocycles. The van der Waals surface area contributed by atoms with Gasteiger partial charge in [-0.3, -0.25) is 14.4 Å². The number of nitrogens with one attached hydrogen (secondary N) is 1. The zero-order valence-corrected chi connectivity index (χ0v) is 14.6. The van der Waals surface area contributed by atoms with Crippen molar-refractivity contribution in [3.63, 3.8) is 0 Å². The molecule has 0 aromatic heterocycles. The monoisotopic (exact) mass is 383 g/mol. The summed E-state index contributed by atoms with van der Waals surface area (Å²) in [4.78, 5) is 35.7. The van der Waals surface area contributed by atoms with Crippen molar-refractivity contribution >= 4 is 28.4 Å². The highest BCUT2D eigenvalue weighted by molar-refractivity contribution is 6.00. The summed E-state index contributed by atoms with van der Waals surface area (Å²) in [7, 11) is 0. The summed E-state index contributed by atoms with van der Waals surface area (Å²) in [6, 6.07) is 15.0. The number of rotatable bonds is 6. The van der Waals surface area contributed by atoms with E-state index < -0.39 is 48.0 Å². The van der Waals surface area contributed by atoms with Crippen molar-refractivity contribution in [1.82, 2.24) is 5.32 Å². The molecular weight excluding hydrogens is 368 g/mol. The SMILES string of the molecule is O=C(CNC(=O)c1ccc2ccccc2c1)OCC(=O)c1cc(F)ccc1F. The Morgan fingerprint density at radius 2 is 1.64 bits per heavy atom. The first-order valence-electron chi connectivity index (χ1n) is 8.35. The molecule has 142 valence electrons. The third-order valence-corrected chi connectivity index (χ3v) is 4.00. The molecule has 3 aromatic rings. The van der Waals surface area contributed by atoms with Crippen LogP contribution in [0.2, 0.25) is 0 Å². The van der Waals surface area contributed by atoms with Crippen molar-refractivity contribution in [2.45, 2.75) is 0 Å². The number of benzene rings is 3. The van der Waals surface area contributed by atoms with Crippen molar-refractivity contribution in [2.24, 2.45) is 0 Å². The van der Waals surface area contributed by atoms with E-state index in [1.54, 1.807) is 18.2 Å². The molecule has 0 saturated carbocycles. The highest BCUT2D eigenvalue weighted by Gasteiger charge is 2.16. The Hall–Kier alpha value is -3.61. The number of ketones is 1. The Labute approximate surface area is 158 Å². The topological polar surface area (TPSA) is 72.5 Å². The normalized spacial score (nSPS) is 10.5. The first kappa shape index (κ1) is 19.2. The minimum Gasteiger partial charge on any atom is -0.456 e. The fourth-order valence-electron chi connectivity index (χ4n) is 2.57. The van der Waals surface area contributed by atoms with Crippen LogP contribution >= 0.6 is 0 Å². The molecule has 0 spiro atoms. The average molecular weight is 383 g/mol. The van der Waals surface area contributed by atoms with Crippen molar-refractivity contribution in [3.8, 4) is 0 Å². The minimum absolute atomic E-state index is 0.365. The second-order valence-corrected chi connectivity index (χ2v) is 5.95. The summed E-state index contributed by atoms with van der Waals surface area (Å²) < 4.78 is 31.3. The first-order valence-corrected chi connectivity index (χ1v) is 8.35. The quantitative estimate of drug-likeness (QED) is 0.524. The third-order valence-electron chi connectivity index (χ3n) is 4.00. The molecule has 1 amide bonds. The zero-order valence-electron chi connectivity index (χ0n) is 14.6. The van der Waals surface area contributed by atoms with Crippen LogP contribution in [0.5, 0.6) is 0 Å². The van der Waals surface area contributed by atoms with Gasteiger partial charge in [0.25, 0.3) is 5.91 Å². The van der Waals surface area contributed by atoms with E-state index in [4.69, 9.17) is 4.74 Å². The molecule has 0 saturated heterocycles. The van der Waals surface area contributed by atoms with Gasteiger partial charge in [0.2, 0.25) is 5.78 Å². The van der Waals surface area contributed by atoms with Gasteiger partial charge in [-0.25, -0.2) is 8.78 Å². The van der Waals surface area contributed by atoms with E-state index in [9.17, 15) is 23.2 Å². The van der Waals surface area contributed by atoms with Gasteiger partial charge in [0, 0.05) is 5.56 Å². The van der Waals surface area contributed by atoms with Gasteiger partial charge < -0.3 is 10.1 Å². The zero-order chi connectivity index (χ0) is 20.1. The summed E-state index contributed by atoms with van der Waals surface area (Å²) in [5, 5.41) is 4.24. The number of carbonyl (C=O) groups is 3. The summed E-state index contributed by atoms with van der Waals surface area (Å²) >= 11 is 0. The number of fused-ring (bicyclic) bond motifs is 1. The Kier molecular flexibility index (Phi) is 5.74. The molecule has 0 bridgehead atoms. The highest BCUT2D eigenvalue weighted by atomic mass is 19.1. The third kappa shape index (κ3) is 4.56. The van der Waals surface area contributed by atoms with Gasteiger partial charge in [0.1, 0.15) is 18.2 Å². The number of ether oxygens (including phenoxy) is 1. The van der Waals surface area contributed by atoms with Crippen LogP contribution in [-0.2, 0) is 9.53 Å². The molecule has 0 aliphatic carbocycles. The van der Waals surface area contributed by atoms with Crippen LogP contribution in [0.25, 0.3) is 10.8 Å². The van der Waals surface area contributed by atoms with Crippen molar-refractivity contribution in [3.05, 3.63) is 83.4 Å². The Bertz CT molecular complexity index is 1070. The Morgan fingerprint density at radius 1 is 0.893 bits per heavy atom. The number of hydrogen-bond acceptors (Lipinski definition) is 4. The molecule has 0 atom stereocenters. The van der Waals surface area contributed by atoms with Crippen LogP contribution in [0, 0.1) is 11.6 Å². The Balaban J connectivity index is 1.52. The molecular formula is C21H15F2NO4. The van der Waals surface area contributed by atoms with Crippen LogP contribution < -0.4 is 5.32 Å². The number of Topliss-reactive ketones (excluding diaryl/α,β-unsaturated/α-hetero) is 1. The molecule has 0 fully saturated rings. The highest BCUT2D eigenvalue weighted by Crippen LogP contribution is 2.15. The molecule has 1 N–H and O–H groups in total. The number of halogens is 2. The van der Waals surface area contributed by atoms with Gasteiger partial charge in [-0.05, 0) is 41.1 Å². The van der Waals surface area contributed by atoms with Crippen molar-refractivity contribution in [1.29, 1.82) is 0 Å². The van der Waals surface area contributed by atoms with Gasteiger partial charge in [0.05, 0.1) is 5.56 Å². The van der Waals surface area contributed by atoms with Crippen molar-refractivity contribution in [2.75, 3.05) is 13.2 Å². The second kappa shape index (κ2) is 8.39. The van der Waals surface area contributed by atoms with E-state index in [0.29, 0.717) is 5.56 Å². The van der Waals surface area contributed by atoms with Crippen molar-refractivity contribution < 1.29 is 27.9 Å². The largest absolute Gasteiger partial charge is 0.456 e. The van der Waals surface area contributed by atoms with E-state index >= 15 is 0 Å². The molecule has 0 radical (unpaired) electrons. The molecule has 0 aliphatic rings. The number of carbonyl (C=O) groups excluding carboxylic acids is 3. The lowest BCUT2D eigenvalue weighted by Gasteiger charge is -2.07. The maximum Gasteiger partial charge on any atom is 0.325 e. The second-order valence-electron chi connectivity index (χ2n) is 5.95. The lowest BCUT2D eigenvalue weighted by atomic mass is 10.1. The van der Waals surface area contributed by atoms with Crippen LogP contribution in [0.3, 0.4) is 0 Å². The van der Waals surface area contributed by atoms with Crippen LogP contribution in [-0.4, -0.2) is 30.8 Å². The standard InChI is InChI=1S/C21H15F2NO4/c22-16-7-8-18(23)17(10-16)19(25)12-28-20(26)11-24-21(27)15-6-5-13-3-1-2-4-14(13)9-15/h1-10H,11-12H2,(H,24,27). The van der Waals surface area contributed by atoms with Crippen LogP contribution in [0.15, 0.2) is 60.7 Å². The number of hydrogen-bond donors (Lipinski definition) is 1. The van der Waals surface area contributed by atoms with E-state index in [1.807, 2.05) is 24.3 Å². The van der Waals surface area contributed by atoms with Gasteiger partial charge in [-0.15, -0.1) is 0 Å². The number of esters is 1. The molecule has 7 heteroatoms. The van der Waals surface area contributed by atoms with Gasteiger partial charge >= 0.3 is 5.97 Å². The Morgan fingerprint density at radius 3 is 2.43 bits per heavy atom.